The first-order valence-corrected chi connectivity index (χ1v) is 31.8. The van der Waals surface area contributed by atoms with E-state index in [1.165, 1.54) is 4.90 Å². The van der Waals surface area contributed by atoms with E-state index in [1.54, 1.807) is 24.1 Å². The number of imidazole rings is 1. The Morgan fingerprint density at radius 1 is 0.663 bits per heavy atom. The van der Waals surface area contributed by atoms with Crippen LogP contribution in [0.1, 0.15) is 113 Å². The third-order valence-corrected chi connectivity index (χ3v) is 17.2. The van der Waals surface area contributed by atoms with Gasteiger partial charge in [-0.15, -0.1) is 0 Å². The van der Waals surface area contributed by atoms with Gasteiger partial charge in [0.05, 0.1) is 12.9 Å². The lowest BCUT2D eigenvalue weighted by atomic mass is 9.84. The average Bonchev–Trinajstić information content (AvgIpc) is 2.35. The van der Waals surface area contributed by atoms with Crippen LogP contribution in [0.5, 0.6) is 0 Å². The topological polar surface area (TPSA) is 354 Å². The van der Waals surface area contributed by atoms with Gasteiger partial charge in [0.25, 0.3) is 0 Å². The van der Waals surface area contributed by atoms with Gasteiger partial charge in [-0.25, -0.2) is 4.98 Å². The molecule has 0 aliphatic carbocycles. The monoisotopic (exact) mass is 1220 g/mol. The van der Waals surface area contributed by atoms with Crippen molar-refractivity contribution >= 4 is 80.7 Å². The number of carbonyl (C=O) groups excluding carboxylic acids is 10. The number of nitrogens with zero attached hydrogens (tertiary/aromatic N) is 3. The zero-order valence-electron chi connectivity index (χ0n) is 49.5. The number of aryl methyl sites for hydroxylation is 1. The van der Waals surface area contributed by atoms with Gasteiger partial charge in [-0.3, -0.25) is 47.9 Å². The first-order valence-electron chi connectivity index (χ1n) is 29.3. The number of unbranched alkanes of at least 4 members (excludes halogenated alkanes) is 1. The highest BCUT2D eigenvalue weighted by atomic mass is 33.1. The van der Waals surface area contributed by atoms with Gasteiger partial charge >= 0.3 is 0 Å². The van der Waals surface area contributed by atoms with E-state index in [1.807, 2.05) is 112 Å². The molecule has 0 radical (unpaired) electrons. The van der Waals surface area contributed by atoms with Crippen molar-refractivity contribution in [2.75, 3.05) is 31.1 Å². The lowest BCUT2D eigenvalue weighted by molar-refractivity contribution is -0.142. The van der Waals surface area contributed by atoms with Crippen LogP contribution in [-0.2, 0) is 67.8 Å². The Bertz CT molecular complexity index is 2830. The number of aromatic nitrogens is 2. The largest absolute Gasteiger partial charge is 0.368 e. The van der Waals surface area contributed by atoms with Crippen LogP contribution in [0.4, 0.5) is 0 Å². The maximum absolute atomic E-state index is 15.3. The summed E-state index contributed by atoms with van der Waals surface area (Å²) in [6.07, 6.45) is 6.84. The Kier molecular flexibility index (Phi) is 29.1. The number of hydrogen-bond donors (Lipinski definition) is 10. The van der Waals surface area contributed by atoms with Crippen LogP contribution in [0.2, 0.25) is 0 Å². The van der Waals surface area contributed by atoms with E-state index < -0.39 is 95.5 Å². The fraction of sp³-hybridized carbons (Fsp3) is 0.492. The van der Waals surface area contributed by atoms with Gasteiger partial charge < -0.3 is 63.9 Å². The van der Waals surface area contributed by atoms with Crippen molar-refractivity contribution in [1.82, 2.24) is 51.7 Å². The molecule has 0 unspecified atom stereocenters. The summed E-state index contributed by atoms with van der Waals surface area (Å²) in [4.78, 5) is 142. The van der Waals surface area contributed by atoms with Crippen LogP contribution in [0.25, 0.3) is 0 Å². The number of amides is 10. The van der Waals surface area contributed by atoms with E-state index in [-0.39, 0.29) is 87.3 Å². The molecule has 25 heteroatoms. The molecule has 5 rings (SSSR count). The van der Waals surface area contributed by atoms with Crippen LogP contribution >= 0.6 is 21.6 Å². The Morgan fingerprint density at radius 3 is 1.83 bits per heavy atom. The zero-order chi connectivity index (χ0) is 62.5. The lowest BCUT2D eigenvalue weighted by Gasteiger charge is -2.34. The van der Waals surface area contributed by atoms with E-state index in [9.17, 15) is 43.2 Å². The second kappa shape index (κ2) is 36.3. The van der Waals surface area contributed by atoms with E-state index in [2.05, 4.69) is 42.2 Å². The fourth-order valence-corrected chi connectivity index (χ4v) is 12.2. The standard InChI is InChI=1S/C61H85N13O10S2/c1-5-19-50(75)69-46(33-44-34-65-38-73(44)4)59(82)72-55(54(41-22-12-8-13-23-41)42-24-14-9-15-25-42)61(84)74-29-18-27-49(74)60(83)71-48(57(64)80)37-86-85-36-47(56(63)79)70-58(81)45(26-16-17-28-62)68-52(77)32-43(31-40-20-10-7-11-21-40)67-53(78)35-66-51(76)30-39(3)6-2/h7-15,20-25,34,38-39,43,45-49,54-55H,5-6,16-19,26-33,35-37,62H2,1-4H3,(H2,63,79)(H2,64,80)(H,66,76)(H,67,78)(H,68,77)(H,69,75)(H,70,81)(H,71,83)(H,72,82)/t39-,43-,45+,46-,47-,48-,49-,55-/m0/s1. The third kappa shape index (κ3) is 22.6. The smallest absolute Gasteiger partial charge is 0.246 e. The van der Waals surface area contributed by atoms with Crippen molar-refractivity contribution in [3.63, 3.8) is 0 Å². The highest BCUT2D eigenvalue weighted by Crippen LogP contribution is 2.32. The summed E-state index contributed by atoms with van der Waals surface area (Å²) < 4.78 is 1.74. The Labute approximate surface area is 511 Å². The normalized spacial score (nSPS) is 15.4. The van der Waals surface area contributed by atoms with Gasteiger partial charge in [0.1, 0.15) is 36.3 Å². The maximum atomic E-state index is 15.3. The number of nitrogens with two attached hydrogens (primary N) is 3. The Hall–Kier alpha value is -7.77. The van der Waals surface area contributed by atoms with Crippen LogP contribution in [0.15, 0.2) is 104 Å². The average molecular weight is 1220 g/mol. The molecule has 10 amide bonds. The molecular formula is C61H85N13O10S2. The molecule has 1 fully saturated rings. The zero-order valence-corrected chi connectivity index (χ0v) is 51.1. The number of rotatable bonds is 37. The quantitative estimate of drug-likeness (QED) is 0.0229. The summed E-state index contributed by atoms with van der Waals surface area (Å²) >= 11 is 0. The van der Waals surface area contributed by atoms with Crippen LogP contribution in [-0.4, -0.2) is 147 Å². The molecule has 0 bridgehead atoms. The van der Waals surface area contributed by atoms with Gasteiger partial charge in [0.2, 0.25) is 59.1 Å². The molecule has 3 aromatic carbocycles. The number of benzene rings is 3. The number of hydrogen-bond acceptors (Lipinski definition) is 14. The minimum Gasteiger partial charge on any atom is -0.368 e. The second-order valence-corrected chi connectivity index (χ2v) is 24.2. The van der Waals surface area contributed by atoms with Crippen molar-refractivity contribution in [2.45, 2.75) is 146 Å². The van der Waals surface area contributed by atoms with E-state index in [0.29, 0.717) is 49.0 Å². The van der Waals surface area contributed by atoms with Gasteiger partial charge in [0.15, 0.2) is 0 Å². The minimum absolute atomic E-state index is 0.0679. The van der Waals surface area contributed by atoms with Crippen molar-refractivity contribution in [2.24, 2.45) is 30.2 Å². The summed E-state index contributed by atoms with van der Waals surface area (Å²) in [5.41, 5.74) is 20.3. The lowest BCUT2D eigenvalue weighted by Crippen LogP contribution is -2.59. The van der Waals surface area contributed by atoms with Crippen molar-refractivity contribution in [1.29, 1.82) is 0 Å². The minimum atomic E-state index is -1.30. The fourth-order valence-electron chi connectivity index (χ4n) is 9.88. The molecule has 1 aromatic heterocycles. The molecule has 2 heterocycles. The molecule has 4 aromatic rings. The van der Waals surface area contributed by atoms with Crippen molar-refractivity contribution in [3.8, 4) is 0 Å². The molecule has 0 spiro atoms. The molecule has 1 saturated heterocycles. The van der Waals surface area contributed by atoms with Gasteiger partial charge in [0, 0.05) is 74.6 Å². The van der Waals surface area contributed by atoms with Gasteiger partial charge in [-0.2, -0.15) is 0 Å². The van der Waals surface area contributed by atoms with Crippen LogP contribution in [0, 0.1) is 5.92 Å². The Morgan fingerprint density at radius 2 is 1.26 bits per heavy atom. The Balaban J connectivity index is 1.26. The SMILES string of the molecule is CCCC(=O)N[C@@H](Cc1cncn1C)C(=O)N[C@H](C(=O)N1CCC[C@H]1C(=O)N[C@@H](CSSC[C@H](NC(=O)[C@@H](CCCCN)NC(=O)C[C@H](Cc1ccccc1)NC(=O)CNC(=O)C[C@@H](C)CC)C(N)=O)C(N)=O)C(c1ccccc1)c1ccccc1. The first-order chi connectivity index (χ1) is 41.3. The number of likely N-dealkylation sites (tertiary alicyclic amines) is 1. The number of nitrogens with one attached hydrogen (secondary N) is 7. The van der Waals surface area contributed by atoms with Crippen LogP contribution < -0.4 is 54.4 Å². The van der Waals surface area contributed by atoms with E-state index in [0.717, 1.165) is 33.6 Å². The van der Waals surface area contributed by atoms with E-state index in [4.69, 9.17) is 17.2 Å². The van der Waals surface area contributed by atoms with Gasteiger partial charge in [-0.05, 0) is 74.1 Å². The summed E-state index contributed by atoms with van der Waals surface area (Å²) in [5, 5.41) is 19.5. The van der Waals surface area contributed by atoms with E-state index >= 15 is 4.79 Å². The maximum Gasteiger partial charge on any atom is 0.246 e. The number of carbonyl (C=O) groups is 10. The highest BCUT2D eigenvalue weighted by molar-refractivity contribution is 8.76. The van der Waals surface area contributed by atoms with Gasteiger partial charge in [-0.1, -0.05) is 140 Å². The van der Waals surface area contributed by atoms with Crippen LogP contribution in [0.3, 0.4) is 0 Å². The molecule has 1 aliphatic heterocycles. The summed E-state index contributed by atoms with van der Waals surface area (Å²) in [5.74, 6) is -6.79. The highest BCUT2D eigenvalue weighted by Gasteiger charge is 2.43. The van der Waals surface area contributed by atoms with Crippen molar-refractivity contribution in [3.05, 3.63) is 126 Å². The number of primary amides is 2. The van der Waals surface area contributed by atoms with Crippen molar-refractivity contribution < 1.29 is 47.9 Å². The molecule has 8 atom stereocenters. The molecule has 1 aliphatic rings. The second-order valence-electron chi connectivity index (χ2n) is 21.6. The first kappa shape index (κ1) is 69.0. The predicted molar refractivity (Wildman–Crippen MR) is 331 cm³/mol. The molecule has 23 nitrogen and oxygen atoms in total. The summed E-state index contributed by atoms with van der Waals surface area (Å²) in [7, 11) is 3.91. The molecule has 13 N–H and O–H groups in total. The molecular weight excluding hydrogens is 1140 g/mol. The molecule has 0 saturated carbocycles. The predicted octanol–water partition coefficient (Wildman–Crippen LogP) is 2.16. The third-order valence-electron chi connectivity index (χ3n) is 14.8. The molecule has 466 valence electrons. The molecule has 86 heavy (non-hydrogen) atoms. The summed E-state index contributed by atoms with van der Waals surface area (Å²) in [6, 6.07) is 19.7. The summed E-state index contributed by atoms with van der Waals surface area (Å²) in [6.45, 7) is 5.94.